The lowest BCUT2D eigenvalue weighted by Crippen LogP contribution is -2.51. The van der Waals surface area contributed by atoms with Gasteiger partial charge >= 0.3 is 12.1 Å². The average Bonchev–Trinajstić information content (AvgIpc) is 3.41. The van der Waals surface area contributed by atoms with Crippen molar-refractivity contribution in [3.8, 4) is 0 Å². The lowest BCUT2D eigenvalue weighted by Gasteiger charge is -2.38. The van der Waals surface area contributed by atoms with Crippen LogP contribution in [0.3, 0.4) is 0 Å². The third-order valence-corrected chi connectivity index (χ3v) is 5.49. The molecule has 176 valence electrons. The van der Waals surface area contributed by atoms with E-state index in [0.717, 1.165) is 6.42 Å². The number of amides is 2. The molecule has 32 heavy (non-hydrogen) atoms. The number of cyclic esters (lactones) is 1. The molecule has 1 N–H and O–H groups in total. The van der Waals surface area contributed by atoms with Crippen LogP contribution in [0.4, 0.5) is 4.79 Å². The Kier molecular flexibility index (Phi) is 8.07. The first-order chi connectivity index (χ1) is 15.4. The zero-order valence-corrected chi connectivity index (χ0v) is 18.8. The first-order valence-electron chi connectivity index (χ1n) is 11.0. The fraction of sp³-hybridized carbons (Fsp3) is 0.667. The maximum absolute atomic E-state index is 13.1. The van der Waals surface area contributed by atoms with Crippen LogP contribution in [-0.4, -0.2) is 88.7 Å². The molecule has 0 aliphatic carbocycles. The number of aromatic amines is 1. The molecule has 1 unspecified atom stereocenters. The number of hydrogen-bond acceptors (Lipinski definition) is 8. The molecule has 3 heterocycles. The molecule has 2 fully saturated rings. The third kappa shape index (κ3) is 5.77. The zero-order valence-electron chi connectivity index (χ0n) is 18.8. The van der Waals surface area contributed by atoms with Crippen LogP contribution in [0.1, 0.15) is 45.7 Å². The predicted molar refractivity (Wildman–Crippen MR) is 114 cm³/mol. The number of likely N-dealkylation sites (tertiary alicyclic amines) is 1. The van der Waals surface area contributed by atoms with Crippen molar-refractivity contribution in [2.45, 2.75) is 52.1 Å². The molecule has 3 rings (SSSR count). The number of ether oxygens (including phenoxy) is 2. The van der Waals surface area contributed by atoms with Gasteiger partial charge in [0.1, 0.15) is 6.61 Å². The molecule has 11 heteroatoms. The van der Waals surface area contributed by atoms with Gasteiger partial charge in [0.2, 0.25) is 6.61 Å². The zero-order chi connectivity index (χ0) is 23.1. The van der Waals surface area contributed by atoms with Crippen molar-refractivity contribution in [2.75, 3.05) is 32.9 Å². The van der Waals surface area contributed by atoms with Gasteiger partial charge in [-0.2, -0.15) is 5.10 Å². The summed E-state index contributed by atoms with van der Waals surface area (Å²) in [7, 11) is 0. The Bertz CT molecular complexity index is 817. The minimum atomic E-state index is -0.568. The Morgan fingerprint density at radius 2 is 2.09 bits per heavy atom. The van der Waals surface area contributed by atoms with Crippen LogP contribution in [0.5, 0.6) is 0 Å². The highest BCUT2D eigenvalue weighted by Gasteiger charge is 2.40. The van der Waals surface area contributed by atoms with E-state index in [-0.39, 0.29) is 36.4 Å². The summed E-state index contributed by atoms with van der Waals surface area (Å²) in [4.78, 5) is 45.5. The van der Waals surface area contributed by atoms with E-state index in [1.807, 2.05) is 4.90 Å². The van der Waals surface area contributed by atoms with Gasteiger partial charge < -0.3 is 19.2 Å². The highest BCUT2D eigenvalue weighted by atomic mass is 16.7. The van der Waals surface area contributed by atoms with Crippen molar-refractivity contribution in [3.05, 3.63) is 18.0 Å². The number of nitrogens with one attached hydrogen (secondary N) is 1. The molecule has 11 nitrogen and oxygen atoms in total. The van der Waals surface area contributed by atoms with E-state index in [4.69, 9.17) is 14.3 Å². The Morgan fingerprint density at radius 3 is 2.72 bits per heavy atom. The second-order valence-electron chi connectivity index (χ2n) is 8.28. The summed E-state index contributed by atoms with van der Waals surface area (Å²) in [5.41, 5.74) is 0.421. The van der Waals surface area contributed by atoms with Crippen LogP contribution in [0.2, 0.25) is 0 Å². The third-order valence-electron chi connectivity index (χ3n) is 5.49. The number of piperidine rings is 1. The normalized spacial score (nSPS) is 19.9. The van der Waals surface area contributed by atoms with Crippen LogP contribution in [0.15, 0.2) is 17.4 Å². The summed E-state index contributed by atoms with van der Waals surface area (Å²) >= 11 is 0. The Balaban J connectivity index is 1.63. The predicted octanol–water partition coefficient (Wildman–Crippen LogP) is 1.55. The van der Waals surface area contributed by atoms with E-state index < -0.39 is 12.6 Å². The first kappa shape index (κ1) is 23.6. The molecular weight excluding hydrogens is 418 g/mol. The number of carbonyl (C=O) groups is 3. The Morgan fingerprint density at radius 1 is 1.34 bits per heavy atom. The Labute approximate surface area is 187 Å². The van der Waals surface area contributed by atoms with Crippen molar-refractivity contribution < 1.29 is 28.7 Å². The van der Waals surface area contributed by atoms with Crippen LogP contribution < -0.4 is 0 Å². The largest absolute Gasteiger partial charge is 0.463 e. The molecule has 2 amide bonds. The summed E-state index contributed by atoms with van der Waals surface area (Å²) in [5, 5.41) is 10.5. The number of aromatic nitrogens is 2. The summed E-state index contributed by atoms with van der Waals surface area (Å²) in [5.74, 6) is -0.442. The molecule has 1 aromatic heterocycles. The summed E-state index contributed by atoms with van der Waals surface area (Å²) in [6.07, 6.45) is 3.42. The van der Waals surface area contributed by atoms with Gasteiger partial charge in [-0.1, -0.05) is 19.0 Å². The van der Waals surface area contributed by atoms with Crippen molar-refractivity contribution in [3.63, 3.8) is 0 Å². The quantitative estimate of drug-likeness (QED) is 0.344. The molecule has 2 aliphatic rings. The fourth-order valence-electron chi connectivity index (χ4n) is 4.08. The van der Waals surface area contributed by atoms with Gasteiger partial charge in [0.15, 0.2) is 5.71 Å². The molecule has 2 saturated heterocycles. The fourth-order valence-corrected chi connectivity index (χ4v) is 4.08. The minimum absolute atomic E-state index is 0.0310. The van der Waals surface area contributed by atoms with Gasteiger partial charge in [0.25, 0.3) is 5.91 Å². The van der Waals surface area contributed by atoms with Crippen molar-refractivity contribution in [2.24, 2.45) is 11.1 Å². The van der Waals surface area contributed by atoms with E-state index in [1.165, 1.54) is 6.20 Å². The van der Waals surface area contributed by atoms with Crippen molar-refractivity contribution >= 4 is 23.7 Å². The molecule has 0 saturated carbocycles. The van der Waals surface area contributed by atoms with Crippen LogP contribution in [0.25, 0.3) is 0 Å². The van der Waals surface area contributed by atoms with Gasteiger partial charge in [0.05, 0.1) is 18.3 Å². The molecule has 0 spiro atoms. The number of carbonyl (C=O) groups excluding carboxylic acids is 3. The molecule has 2 aliphatic heterocycles. The van der Waals surface area contributed by atoms with E-state index in [2.05, 4.69) is 29.2 Å². The van der Waals surface area contributed by atoms with E-state index in [9.17, 15) is 14.4 Å². The van der Waals surface area contributed by atoms with Crippen LogP contribution in [0, 0.1) is 5.92 Å². The van der Waals surface area contributed by atoms with Crippen molar-refractivity contribution in [1.82, 2.24) is 20.0 Å². The van der Waals surface area contributed by atoms with Crippen LogP contribution in [-0.2, 0) is 23.9 Å². The van der Waals surface area contributed by atoms with Gasteiger partial charge in [0, 0.05) is 25.3 Å². The lowest BCUT2D eigenvalue weighted by atomic mass is 9.98. The summed E-state index contributed by atoms with van der Waals surface area (Å²) in [6.45, 7) is 7.14. The second kappa shape index (κ2) is 11.0. The second-order valence-corrected chi connectivity index (χ2v) is 8.28. The molecule has 0 radical (unpaired) electrons. The average molecular weight is 450 g/mol. The van der Waals surface area contributed by atoms with E-state index >= 15 is 0 Å². The van der Waals surface area contributed by atoms with Crippen LogP contribution >= 0.6 is 0 Å². The van der Waals surface area contributed by atoms with E-state index in [1.54, 1.807) is 17.9 Å². The highest BCUT2D eigenvalue weighted by Crippen LogP contribution is 2.27. The summed E-state index contributed by atoms with van der Waals surface area (Å²) < 4.78 is 10.1. The molecule has 1 atom stereocenters. The van der Waals surface area contributed by atoms with Gasteiger partial charge in [-0.15, -0.1) is 0 Å². The number of H-pyrrole nitrogens is 1. The molecule has 0 aromatic carbocycles. The number of nitrogens with zero attached hydrogens (tertiary/aromatic N) is 4. The highest BCUT2D eigenvalue weighted by molar-refractivity contribution is 6.44. The van der Waals surface area contributed by atoms with Crippen molar-refractivity contribution in [1.29, 1.82) is 0 Å². The number of rotatable bonds is 9. The molecular formula is C21H31N5O6. The number of esters is 1. The van der Waals surface area contributed by atoms with Gasteiger partial charge in [-0.25, -0.2) is 9.59 Å². The van der Waals surface area contributed by atoms with Gasteiger partial charge in [-0.3, -0.25) is 14.8 Å². The number of oxime groups is 1. The summed E-state index contributed by atoms with van der Waals surface area (Å²) in [6, 6.07) is 1.71. The van der Waals surface area contributed by atoms with E-state index in [0.29, 0.717) is 44.1 Å². The first-order valence-corrected chi connectivity index (χ1v) is 11.0. The standard InChI is InChI=1S/C21H31N5O6/c1-4-30-18(27)13-32-24-19(17-5-8-22-23-17)20(28)25-9-6-15(7-10-25)26-16(11-14(2)3)12-31-21(26)29/h5,8,14-16H,4,6-7,9-13H2,1-3H3,(H,22,23). The minimum Gasteiger partial charge on any atom is -0.463 e. The lowest BCUT2D eigenvalue weighted by molar-refractivity contribution is -0.148. The monoisotopic (exact) mass is 449 g/mol. The maximum atomic E-state index is 13.1. The molecule has 1 aromatic rings. The molecule has 0 bridgehead atoms. The SMILES string of the molecule is CCOC(=O)CON=C(C(=O)N1CCC(N2C(=O)OCC2CC(C)C)CC1)c1ccn[nH]1. The number of hydrogen-bond donors (Lipinski definition) is 1. The van der Waals surface area contributed by atoms with Gasteiger partial charge in [-0.05, 0) is 38.2 Å². The Hall–Kier alpha value is -3.11. The topological polar surface area (TPSA) is 126 Å². The smallest absolute Gasteiger partial charge is 0.410 e. The maximum Gasteiger partial charge on any atom is 0.410 e.